The van der Waals surface area contributed by atoms with Gasteiger partial charge in [-0.2, -0.15) is 0 Å². The van der Waals surface area contributed by atoms with Crippen molar-refractivity contribution in [3.63, 3.8) is 0 Å². The Morgan fingerprint density at radius 3 is 2.60 bits per heavy atom. The van der Waals surface area contributed by atoms with Crippen molar-refractivity contribution in [1.82, 2.24) is 10.2 Å². The van der Waals surface area contributed by atoms with Gasteiger partial charge in [0.15, 0.2) is 0 Å². The largest absolute Gasteiger partial charge is 0.453 e. The van der Waals surface area contributed by atoms with Gasteiger partial charge < -0.3 is 15.0 Å². The maximum absolute atomic E-state index is 12.7. The molecule has 1 N–H and O–H groups in total. The van der Waals surface area contributed by atoms with E-state index in [-0.39, 0.29) is 11.9 Å². The number of benzene rings is 1. The van der Waals surface area contributed by atoms with Gasteiger partial charge >= 0.3 is 6.09 Å². The molecule has 1 saturated heterocycles. The molecule has 2 amide bonds. The monoisotopic (exact) mass is 276 g/mol. The maximum Gasteiger partial charge on any atom is 0.407 e. The first-order valence-electron chi connectivity index (χ1n) is 6.83. The highest BCUT2D eigenvalue weighted by Crippen LogP contribution is 2.23. The fraction of sp³-hybridized carbons (Fsp3) is 0.467. The van der Waals surface area contributed by atoms with Crippen LogP contribution in [0.15, 0.2) is 30.3 Å². The Morgan fingerprint density at radius 2 is 2.05 bits per heavy atom. The minimum atomic E-state index is -0.691. The Bertz CT molecular complexity index is 475. The van der Waals surface area contributed by atoms with Gasteiger partial charge in [-0.3, -0.25) is 4.79 Å². The fourth-order valence-corrected chi connectivity index (χ4v) is 2.54. The van der Waals surface area contributed by atoms with Crippen molar-refractivity contribution < 1.29 is 14.3 Å². The molecule has 108 valence electrons. The summed E-state index contributed by atoms with van der Waals surface area (Å²) >= 11 is 0. The molecule has 1 aromatic carbocycles. The number of likely N-dealkylation sites (tertiary alicyclic amines) is 1. The molecule has 1 fully saturated rings. The first kappa shape index (κ1) is 14.4. The number of hydrogen-bond acceptors (Lipinski definition) is 3. The lowest BCUT2D eigenvalue weighted by atomic mass is 10.1. The third kappa shape index (κ3) is 3.10. The SMILES string of the molecule is COC(=O)N[C@@H](C(=O)N1CCC[C@@H]1C)c1ccccc1. The molecule has 1 aliphatic rings. The highest BCUT2D eigenvalue weighted by atomic mass is 16.5. The highest BCUT2D eigenvalue weighted by molar-refractivity contribution is 5.87. The number of carbonyl (C=O) groups is 2. The quantitative estimate of drug-likeness (QED) is 0.919. The van der Waals surface area contributed by atoms with Gasteiger partial charge in [-0.1, -0.05) is 30.3 Å². The Labute approximate surface area is 118 Å². The molecule has 5 nitrogen and oxygen atoms in total. The molecular formula is C15H20N2O3. The van der Waals surface area contributed by atoms with Crippen LogP contribution >= 0.6 is 0 Å². The Hall–Kier alpha value is -2.04. The zero-order valence-corrected chi connectivity index (χ0v) is 11.8. The lowest BCUT2D eigenvalue weighted by Gasteiger charge is -2.27. The molecule has 2 rings (SSSR count). The molecule has 0 unspecified atom stereocenters. The molecule has 2 atom stereocenters. The number of alkyl carbamates (subject to hydrolysis) is 1. The molecule has 0 radical (unpaired) electrons. The van der Waals surface area contributed by atoms with E-state index in [9.17, 15) is 9.59 Å². The summed E-state index contributed by atoms with van der Waals surface area (Å²) in [6.45, 7) is 2.78. The summed E-state index contributed by atoms with van der Waals surface area (Å²) in [5.41, 5.74) is 0.766. The highest BCUT2D eigenvalue weighted by Gasteiger charge is 2.32. The molecule has 1 heterocycles. The van der Waals surface area contributed by atoms with Gasteiger partial charge in [0.1, 0.15) is 6.04 Å². The lowest BCUT2D eigenvalue weighted by Crippen LogP contribution is -2.44. The van der Waals surface area contributed by atoms with Gasteiger partial charge in [0.2, 0.25) is 5.91 Å². The molecule has 0 bridgehead atoms. The standard InChI is InChI=1S/C15H20N2O3/c1-11-7-6-10-17(11)14(18)13(16-15(19)20-2)12-8-4-3-5-9-12/h3-5,8-9,11,13H,6-7,10H2,1-2H3,(H,16,19)/t11-,13+/m0/s1. The van der Waals surface area contributed by atoms with E-state index in [1.54, 1.807) is 0 Å². The predicted octanol–water partition coefficient (Wildman–Crippen LogP) is 2.09. The topological polar surface area (TPSA) is 58.6 Å². The van der Waals surface area contributed by atoms with Crippen molar-refractivity contribution in [2.75, 3.05) is 13.7 Å². The minimum absolute atomic E-state index is 0.0772. The van der Waals surface area contributed by atoms with Crippen LogP contribution in [0, 0.1) is 0 Å². The number of rotatable bonds is 3. The van der Waals surface area contributed by atoms with E-state index in [1.165, 1.54) is 7.11 Å². The molecule has 0 saturated carbocycles. The van der Waals surface area contributed by atoms with Gasteiger partial charge in [0.05, 0.1) is 7.11 Å². The van der Waals surface area contributed by atoms with E-state index >= 15 is 0 Å². The van der Waals surface area contributed by atoms with Crippen LogP contribution in [0.4, 0.5) is 4.79 Å². The summed E-state index contributed by atoms with van der Waals surface area (Å²) in [6, 6.07) is 8.77. The zero-order chi connectivity index (χ0) is 14.5. The second-order valence-electron chi connectivity index (χ2n) is 5.00. The van der Waals surface area contributed by atoms with Crippen LogP contribution < -0.4 is 5.32 Å². The fourth-order valence-electron chi connectivity index (χ4n) is 2.54. The molecule has 5 heteroatoms. The van der Waals surface area contributed by atoms with Crippen LogP contribution in [0.3, 0.4) is 0 Å². The van der Waals surface area contributed by atoms with E-state index in [4.69, 9.17) is 0 Å². The third-order valence-corrected chi connectivity index (χ3v) is 3.66. The van der Waals surface area contributed by atoms with Gasteiger partial charge in [0, 0.05) is 12.6 Å². The molecule has 1 aliphatic heterocycles. The van der Waals surface area contributed by atoms with Crippen LogP contribution in [0.2, 0.25) is 0 Å². The van der Waals surface area contributed by atoms with Crippen LogP contribution in [-0.4, -0.2) is 36.6 Å². The van der Waals surface area contributed by atoms with Gasteiger partial charge in [0.25, 0.3) is 0 Å². The van der Waals surface area contributed by atoms with E-state index in [2.05, 4.69) is 10.1 Å². The second kappa shape index (κ2) is 6.41. The summed E-state index contributed by atoms with van der Waals surface area (Å²) < 4.78 is 4.62. The third-order valence-electron chi connectivity index (χ3n) is 3.66. The minimum Gasteiger partial charge on any atom is -0.453 e. The van der Waals surface area contributed by atoms with Crippen molar-refractivity contribution in [2.45, 2.75) is 31.8 Å². The molecular weight excluding hydrogens is 256 g/mol. The molecule has 1 aromatic rings. The Morgan fingerprint density at radius 1 is 1.35 bits per heavy atom. The summed E-state index contributed by atoms with van der Waals surface area (Å²) in [4.78, 5) is 26.0. The van der Waals surface area contributed by atoms with Crippen LogP contribution in [0.1, 0.15) is 31.4 Å². The normalized spacial score (nSPS) is 19.5. The number of nitrogens with zero attached hydrogens (tertiary/aromatic N) is 1. The van der Waals surface area contributed by atoms with Gasteiger partial charge in [-0.25, -0.2) is 4.79 Å². The number of nitrogens with one attached hydrogen (secondary N) is 1. The van der Waals surface area contributed by atoms with E-state index in [0.29, 0.717) is 0 Å². The number of amides is 2. The Kier molecular flexibility index (Phi) is 4.61. The number of ether oxygens (including phenoxy) is 1. The van der Waals surface area contributed by atoms with E-state index in [0.717, 1.165) is 24.9 Å². The average Bonchev–Trinajstić information content (AvgIpc) is 2.91. The number of methoxy groups -OCH3 is 1. The summed E-state index contributed by atoms with van der Waals surface area (Å²) in [5, 5.41) is 2.63. The summed E-state index contributed by atoms with van der Waals surface area (Å²) in [5.74, 6) is -0.0772. The van der Waals surface area contributed by atoms with E-state index < -0.39 is 12.1 Å². The number of hydrogen-bond donors (Lipinski definition) is 1. The number of carbonyl (C=O) groups excluding carboxylic acids is 2. The smallest absolute Gasteiger partial charge is 0.407 e. The van der Waals surface area contributed by atoms with Crippen molar-refractivity contribution in [1.29, 1.82) is 0 Å². The van der Waals surface area contributed by atoms with Gasteiger partial charge in [-0.15, -0.1) is 0 Å². The van der Waals surface area contributed by atoms with Crippen molar-refractivity contribution in [2.24, 2.45) is 0 Å². The predicted molar refractivity (Wildman–Crippen MR) is 75.1 cm³/mol. The van der Waals surface area contributed by atoms with Crippen molar-refractivity contribution in [3.05, 3.63) is 35.9 Å². The Balaban J connectivity index is 2.22. The molecule has 20 heavy (non-hydrogen) atoms. The maximum atomic E-state index is 12.7. The summed E-state index contributed by atoms with van der Waals surface area (Å²) in [7, 11) is 1.29. The lowest BCUT2D eigenvalue weighted by molar-refractivity contribution is -0.134. The molecule has 0 spiro atoms. The van der Waals surface area contributed by atoms with Crippen LogP contribution in [0.25, 0.3) is 0 Å². The zero-order valence-electron chi connectivity index (χ0n) is 11.8. The first-order valence-corrected chi connectivity index (χ1v) is 6.83. The molecule has 0 aromatic heterocycles. The summed E-state index contributed by atoms with van der Waals surface area (Å²) in [6.07, 6.45) is 1.41. The van der Waals surface area contributed by atoms with Crippen LogP contribution in [0.5, 0.6) is 0 Å². The van der Waals surface area contributed by atoms with Gasteiger partial charge in [-0.05, 0) is 25.3 Å². The molecule has 0 aliphatic carbocycles. The van der Waals surface area contributed by atoms with Crippen LogP contribution in [-0.2, 0) is 9.53 Å². The van der Waals surface area contributed by atoms with Crippen molar-refractivity contribution >= 4 is 12.0 Å². The van der Waals surface area contributed by atoms with E-state index in [1.807, 2.05) is 42.2 Å². The first-order chi connectivity index (χ1) is 9.63. The second-order valence-corrected chi connectivity index (χ2v) is 5.00. The average molecular weight is 276 g/mol. The van der Waals surface area contributed by atoms with Crippen molar-refractivity contribution in [3.8, 4) is 0 Å².